The molecule has 2 aromatic carbocycles. The van der Waals surface area contributed by atoms with E-state index in [-0.39, 0.29) is 17.4 Å². The van der Waals surface area contributed by atoms with Crippen LogP contribution in [0.4, 0.5) is 17.1 Å². The van der Waals surface area contributed by atoms with Crippen LogP contribution < -0.4 is 10.6 Å². The van der Waals surface area contributed by atoms with Gasteiger partial charge in [0.2, 0.25) is 0 Å². The molecule has 0 spiro atoms. The van der Waals surface area contributed by atoms with Gasteiger partial charge in [0.25, 0.3) is 5.69 Å². The fraction of sp³-hybridized carbons (Fsp3) is 0.400. The number of para-hydroxylation sites is 1. The Labute approximate surface area is 158 Å². The molecule has 1 fully saturated rings. The monoisotopic (exact) mass is 368 g/mol. The average Bonchev–Trinajstić information content (AvgIpc) is 2.69. The van der Waals surface area contributed by atoms with E-state index in [2.05, 4.69) is 21.9 Å². The Morgan fingerprint density at radius 2 is 1.74 bits per heavy atom. The minimum Gasteiger partial charge on any atom is -0.393 e. The highest BCUT2D eigenvalue weighted by Crippen LogP contribution is 2.34. The molecule has 3 N–H and O–H groups in total. The molecule has 0 aromatic heterocycles. The Morgan fingerprint density at radius 3 is 2.41 bits per heavy atom. The maximum Gasteiger partial charge on any atom is 0.292 e. The van der Waals surface area contributed by atoms with E-state index in [1.54, 1.807) is 6.07 Å². The number of hydrogen-bond acceptors (Lipinski definition) is 6. The van der Waals surface area contributed by atoms with Crippen molar-refractivity contribution < 1.29 is 10.0 Å². The summed E-state index contributed by atoms with van der Waals surface area (Å²) in [6.07, 6.45) is 0.473. The first-order chi connectivity index (χ1) is 13.0. The normalized spacial score (nSPS) is 23.1. The molecule has 0 bridgehead atoms. The Balaban J connectivity index is 1.47. The zero-order chi connectivity index (χ0) is 19.0. The molecule has 2 aromatic rings. The summed E-state index contributed by atoms with van der Waals surface area (Å²) in [7, 11) is 0. The lowest BCUT2D eigenvalue weighted by atomic mass is 9.83. The van der Waals surface area contributed by atoms with Gasteiger partial charge in [0.1, 0.15) is 5.69 Å². The van der Waals surface area contributed by atoms with E-state index < -0.39 is 11.0 Å². The number of nitrogen functional groups attached to an aromatic ring is 1. The molecule has 1 saturated heterocycles. The SMILES string of the molecule is Nc1c([N+](=O)[O-])ccc2c1C[C@@H](O)[C@H](N1CCN(c3ccccc3)CC1)C2. The second kappa shape index (κ2) is 7.17. The summed E-state index contributed by atoms with van der Waals surface area (Å²) in [5.74, 6) is 0. The standard InChI is InChI=1S/C20H24N4O3/c21-20-16-13-19(25)18(12-14(16)6-7-17(20)24(26)27)23-10-8-22(9-11-23)15-4-2-1-3-5-15/h1-7,18-19,25H,8-13,21H2/t18-,19-/m1/s1. The quantitative estimate of drug-likeness (QED) is 0.487. The van der Waals surface area contributed by atoms with E-state index >= 15 is 0 Å². The van der Waals surface area contributed by atoms with Gasteiger partial charge >= 0.3 is 0 Å². The Hall–Kier alpha value is -2.64. The van der Waals surface area contributed by atoms with Crippen molar-refractivity contribution in [1.82, 2.24) is 4.90 Å². The number of aliphatic hydroxyl groups is 1. The highest BCUT2D eigenvalue weighted by molar-refractivity contribution is 5.66. The number of aliphatic hydroxyl groups excluding tert-OH is 1. The van der Waals surface area contributed by atoms with Gasteiger partial charge in [-0.05, 0) is 29.7 Å². The third kappa shape index (κ3) is 3.36. The molecule has 7 nitrogen and oxygen atoms in total. The number of hydrogen-bond donors (Lipinski definition) is 2. The Kier molecular flexibility index (Phi) is 4.72. The lowest BCUT2D eigenvalue weighted by Gasteiger charge is -2.43. The van der Waals surface area contributed by atoms with Crippen molar-refractivity contribution in [3.8, 4) is 0 Å². The van der Waals surface area contributed by atoms with Crippen LogP contribution in [0.1, 0.15) is 11.1 Å². The summed E-state index contributed by atoms with van der Waals surface area (Å²) in [5, 5.41) is 21.8. The fourth-order valence-electron chi connectivity index (χ4n) is 4.32. The molecule has 1 aliphatic carbocycles. The molecule has 0 saturated carbocycles. The van der Waals surface area contributed by atoms with E-state index in [4.69, 9.17) is 5.73 Å². The second-order valence-electron chi connectivity index (χ2n) is 7.29. The lowest BCUT2D eigenvalue weighted by Crippen LogP contribution is -2.56. The van der Waals surface area contributed by atoms with Crippen LogP contribution in [-0.4, -0.2) is 53.3 Å². The average molecular weight is 368 g/mol. The van der Waals surface area contributed by atoms with Crippen molar-refractivity contribution in [2.75, 3.05) is 36.8 Å². The fourth-order valence-corrected chi connectivity index (χ4v) is 4.32. The first-order valence-corrected chi connectivity index (χ1v) is 9.31. The summed E-state index contributed by atoms with van der Waals surface area (Å²) in [4.78, 5) is 15.3. The van der Waals surface area contributed by atoms with Crippen LogP contribution in [0.25, 0.3) is 0 Å². The van der Waals surface area contributed by atoms with E-state index in [1.807, 2.05) is 18.2 Å². The summed E-state index contributed by atoms with van der Waals surface area (Å²) in [5.41, 5.74) is 9.10. The second-order valence-corrected chi connectivity index (χ2v) is 7.29. The summed E-state index contributed by atoms with van der Waals surface area (Å²) >= 11 is 0. The predicted octanol–water partition coefficient (Wildman–Crippen LogP) is 1.83. The number of nitro benzene ring substituents is 1. The van der Waals surface area contributed by atoms with Gasteiger partial charge in [0, 0.05) is 50.4 Å². The maximum atomic E-state index is 11.1. The first-order valence-electron chi connectivity index (χ1n) is 9.31. The van der Waals surface area contributed by atoms with Crippen molar-refractivity contribution in [2.24, 2.45) is 0 Å². The molecule has 2 aliphatic rings. The largest absolute Gasteiger partial charge is 0.393 e. The topological polar surface area (TPSA) is 95.9 Å². The summed E-state index contributed by atoms with van der Waals surface area (Å²) in [6, 6.07) is 13.7. The highest BCUT2D eigenvalue weighted by Gasteiger charge is 2.35. The molecule has 0 radical (unpaired) electrons. The molecule has 7 heteroatoms. The molecule has 2 atom stereocenters. The van der Waals surface area contributed by atoms with Gasteiger partial charge in [0.15, 0.2) is 0 Å². The van der Waals surface area contributed by atoms with Crippen LogP contribution in [0.5, 0.6) is 0 Å². The molecule has 0 amide bonds. The Bertz CT molecular complexity index is 835. The van der Waals surface area contributed by atoms with Crippen molar-refractivity contribution >= 4 is 17.1 Å². The van der Waals surface area contributed by atoms with Crippen molar-refractivity contribution in [2.45, 2.75) is 25.0 Å². The number of anilines is 2. The number of nitrogens with two attached hydrogens (primary N) is 1. The molecule has 4 rings (SSSR count). The van der Waals surface area contributed by atoms with Crippen molar-refractivity contribution in [3.05, 3.63) is 63.7 Å². The van der Waals surface area contributed by atoms with Gasteiger partial charge in [0.05, 0.1) is 11.0 Å². The molecule has 1 aliphatic heterocycles. The minimum absolute atomic E-state index is 0.0243. The smallest absolute Gasteiger partial charge is 0.292 e. The number of benzene rings is 2. The van der Waals surface area contributed by atoms with Gasteiger partial charge < -0.3 is 15.7 Å². The van der Waals surface area contributed by atoms with Gasteiger partial charge in [-0.15, -0.1) is 0 Å². The van der Waals surface area contributed by atoms with Crippen molar-refractivity contribution in [3.63, 3.8) is 0 Å². The van der Waals surface area contributed by atoms with E-state index in [0.717, 1.165) is 37.3 Å². The van der Waals surface area contributed by atoms with Crippen LogP contribution >= 0.6 is 0 Å². The molecular formula is C20H24N4O3. The van der Waals surface area contributed by atoms with Gasteiger partial charge in [-0.1, -0.05) is 24.3 Å². The van der Waals surface area contributed by atoms with Crippen LogP contribution in [0.3, 0.4) is 0 Å². The molecule has 1 heterocycles. The first kappa shape index (κ1) is 17.8. The third-order valence-corrected chi connectivity index (χ3v) is 5.82. The van der Waals surface area contributed by atoms with Crippen LogP contribution in [0.15, 0.2) is 42.5 Å². The number of nitrogens with zero attached hydrogens (tertiary/aromatic N) is 3. The molecular weight excluding hydrogens is 344 g/mol. The minimum atomic E-state index is -0.565. The molecule has 0 unspecified atom stereocenters. The Morgan fingerprint density at radius 1 is 1.04 bits per heavy atom. The summed E-state index contributed by atoms with van der Waals surface area (Å²) < 4.78 is 0. The van der Waals surface area contributed by atoms with E-state index in [1.165, 1.54) is 11.8 Å². The van der Waals surface area contributed by atoms with Gasteiger partial charge in [-0.25, -0.2) is 0 Å². The van der Waals surface area contributed by atoms with Crippen LogP contribution in [0.2, 0.25) is 0 Å². The predicted molar refractivity (Wildman–Crippen MR) is 105 cm³/mol. The van der Waals surface area contributed by atoms with Crippen LogP contribution in [-0.2, 0) is 12.8 Å². The third-order valence-electron chi connectivity index (χ3n) is 5.82. The van der Waals surface area contributed by atoms with Crippen LogP contribution in [0, 0.1) is 10.1 Å². The lowest BCUT2D eigenvalue weighted by molar-refractivity contribution is -0.384. The number of piperazine rings is 1. The van der Waals surface area contributed by atoms with E-state index in [0.29, 0.717) is 12.8 Å². The van der Waals surface area contributed by atoms with Gasteiger partial charge in [-0.3, -0.25) is 15.0 Å². The summed E-state index contributed by atoms with van der Waals surface area (Å²) in [6.45, 7) is 3.60. The number of rotatable bonds is 3. The zero-order valence-electron chi connectivity index (χ0n) is 15.1. The number of fused-ring (bicyclic) bond motifs is 1. The van der Waals surface area contributed by atoms with E-state index in [9.17, 15) is 15.2 Å². The maximum absolute atomic E-state index is 11.1. The molecule has 142 valence electrons. The molecule has 27 heavy (non-hydrogen) atoms. The van der Waals surface area contributed by atoms with Crippen molar-refractivity contribution in [1.29, 1.82) is 0 Å². The van der Waals surface area contributed by atoms with Gasteiger partial charge in [-0.2, -0.15) is 0 Å². The number of nitro groups is 1. The highest BCUT2D eigenvalue weighted by atomic mass is 16.6. The zero-order valence-corrected chi connectivity index (χ0v) is 15.1.